The second-order valence-corrected chi connectivity index (χ2v) is 5.73. The van der Waals surface area contributed by atoms with Gasteiger partial charge in [0.2, 0.25) is 5.91 Å². The summed E-state index contributed by atoms with van der Waals surface area (Å²) in [5.74, 6) is 0.0325. The van der Waals surface area contributed by atoms with Gasteiger partial charge in [0.15, 0.2) is 0 Å². The first-order valence-corrected chi connectivity index (χ1v) is 7.17. The zero-order valence-electron chi connectivity index (χ0n) is 11.6. The van der Waals surface area contributed by atoms with E-state index in [1.165, 1.54) is 0 Å². The summed E-state index contributed by atoms with van der Waals surface area (Å²) in [6, 6.07) is 10.1. The SMILES string of the molecule is CN(C)C1CCN(C(=O)C(Cl)c2ccccc2)CC1. The number of benzene rings is 1. The van der Waals surface area contributed by atoms with Crippen LogP contribution in [0.3, 0.4) is 0 Å². The molecule has 0 bridgehead atoms. The number of carbonyl (C=O) groups excluding carboxylic acids is 1. The van der Waals surface area contributed by atoms with Crippen LogP contribution in [-0.4, -0.2) is 48.9 Å². The fourth-order valence-corrected chi connectivity index (χ4v) is 2.81. The lowest BCUT2D eigenvalue weighted by Crippen LogP contribution is -2.45. The van der Waals surface area contributed by atoms with Crippen molar-refractivity contribution in [3.8, 4) is 0 Å². The lowest BCUT2D eigenvalue weighted by atomic mass is 10.0. The molecular formula is C15H21ClN2O. The molecule has 0 spiro atoms. The van der Waals surface area contributed by atoms with E-state index in [2.05, 4.69) is 19.0 Å². The van der Waals surface area contributed by atoms with Crippen LogP contribution in [0.25, 0.3) is 0 Å². The van der Waals surface area contributed by atoms with Crippen molar-refractivity contribution in [2.24, 2.45) is 0 Å². The van der Waals surface area contributed by atoms with E-state index < -0.39 is 5.38 Å². The lowest BCUT2D eigenvalue weighted by Gasteiger charge is -2.36. The highest BCUT2D eigenvalue weighted by molar-refractivity contribution is 6.30. The zero-order valence-corrected chi connectivity index (χ0v) is 12.3. The number of hydrogen-bond donors (Lipinski definition) is 0. The van der Waals surface area contributed by atoms with Gasteiger partial charge < -0.3 is 9.80 Å². The molecule has 1 heterocycles. The van der Waals surface area contributed by atoms with E-state index >= 15 is 0 Å². The number of halogens is 1. The van der Waals surface area contributed by atoms with Crippen molar-refractivity contribution in [3.05, 3.63) is 35.9 Å². The molecule has 104 valence electrons. The molecule has 1 aliphatic heterocycles. The predicted molar refractivity (Wildman–Crippen MR) is 78.3 cm³/mol. The minimum Gasteiger partial charge on any atom is -0.341 e. The normalized spacial score (nSPS) is 18.6. The molecule has 0 aliphatic carbocycles. The summed E-state index contributed by atoms with van der Waals surface area (Å²) in [5, 5.41) is -0.558. The monoisotopic (exact) mass is 280 g/mol. The van der Waals surface area contributed by atoms with Gasteiger partial charge in [-0.3, -0.25) is 4.79 Å². The molecule has 0 aromatic heterocycles. The smallest absolute Gasteiger partial charge is 0.245 e. The number of likely N-dealkylation sites (tertiary alicyclic amines) is 1. The largest absolute Gasteiger partial charge is 0.341 e. The van der Waals surface area contributed by atoms with E-state index in [1.54, 1.807) is 0 Å². The van der Waals surface area contributed by atoms with Crippen LogP contribution >= 0.6 is 11.6 Å². The van der Waals surface area contributed by atoms with E-state index in [4.69, 9.17) is 11.6 Å². The Balaban J connectivity index is 1.94. The standard InChI is InChI=1S/C15H21ClN2O/c1-17(2)13-8-10-18(11-9-13)15(19)14(16)12-6-4-3-5-7-12/h3-7,13-14H,8-11H2,1-2H3. The van der Waals surface area contributed by atoms with Crippen molar-refractivity contribution in [1.29, 1.82) is 0 Å². The Morgan fingerprint density at radius 1 is 1.26 bits per heavy atom. The van der Waals surface area contributed by atoms with Gasteiger partial charge in [0, 0.05) is 19.1 Å². The maximum absolute atomic E-state index is 12.4. The molecule has 1 aliphatic rings. The molecule has 3 nitrogen and oxygen atoms in total. The summed E-state index contributed by atoms with van der Waals surface area (Å²) >= 11 is 6.29. The number of rotatable bonds is 3. The van der Waals surface area contributed by atoms with E-state index in [0.29, 0.717) is 6.04 Å². The molecule has 1 aromatic rings. The van der Waals surface area contributed by atoms with Crippen molar-refractivity contribution < 1.29 is 4.79 Å². The highest BCUT2D eigenvalue weighted by Gasteiger charge is 2.28. The topological polar surface area (TPSA) is 23.6 Å². The molecule has 4 heteroatoms. The summed E-state index contributed by atoms with van der Waals surface area (Å²) in [5.41, 5.74) is 0.879. The van der Waals surface area contributed by atoms with Crippen LogP contribution in [0.4, 0.5) is 0 Å². The number of carbonyl (C=O) groups is 1. The fraction of sp³-hybridized carbons (Fsp3) is 0.533. The van der Waals surface area contributed by atoms with Crippen LogP contribution in [0, 0.1) is 0 Å². The van der Waals surface area contributed by atoms with E-state index in [9.17, 15) is 4.79 Å². The van der Waals surface area contributed by atoms with Gasteiger partial charge in [-0.1, -0.05) is 30.3 Å². The van der Waals surface area contributed by atoms with Crippen LogP contribution in [-0.2, 0) is 4.79 Å². The molecule has 1 amide bonds. The third kappa shape index (κ3) is 3.48. The molecule has 1 saturated heterocycles. The van der Waals surface area contributed by atoms with Crippen molar-refractivity contribution in [2.45, 2.75) is 24.3 Å². The third-order valence-corrected chi connectivity index (χ3v) is 4.25. The Bertz CT molecular complexity index is 413. The molecule has 0 saturated carbocycles. The molecule has 1 fully saturated rings. The number of alkyl halides is 1. The maximum Gasteiger partial charge on any atom is 0.245 e. The predicted octanol–water partition coefficient (Wildman–Crippen LogP) is 2.52. The molecule has 2 rings (SSSR count). The Hall–Kier alpha value is -1.06. The van der Waals surface area contributed by atoms with Crippen LogP contribution in [0.5, 0.6) is 0 Å². The molecule has 1 atom stereocenters. The average molecular weight is 281 g/mol. The van der Waals surface area contributed by atoms with Crippen molar-refractivity contribution in [3.63, 3.8) is 0 Å². The first-order chi connectivity index (χ1) is 9.09. The number of nitrogens with zero attached hydrogens (tertiary/aromatic N) is 2. The van der Waals surface area contributed by atoms with E-state index in [0.717, 1.165) is 31.5 Å². The van der Waals surface area contributed by atoms with Crippen LogP contribution in [0.2, 0.25) is 0 Å². The number of hydrogen-bond acceptors (Lipinski definition) is 2. The highest BCUT2D eigenvalue weighted by atomic mass is 35.5. The van der Waals surface area contributed by atoms with Gasteiger partial charge in [-0.2, -0.15) is 0 Å². The fourth-order valence-electron chi connectivity index (χ4n) is 2.53. The van der Waals surface area contributed by atoms with Gasteiger partial charge in [0.05, 0.1) is 0 Å². The lowest BCUT2D eigenvalue weighted by molar-refractivity contribution is -0.132. The van der Waals surface area contributed by atoms with Crippen LogP contribution in [0.15, 0.2) is 30.3 Å². The van der Waals surface area contributed by atoms with E-state index in [-0.39, 0.29) is 5.91 Å². The van der Waals surface area contributed by atoms with Gasteiger partial charge in [0.1, 0.15) is 5.38 Å². The summed E-state index contributed by atoms with van der Waals surface area (Å²) < 4.78 is 0. The minimum absolute atomic E-state index is 0.0325. The summed E-state index contributed by atoms with van der Waals surface area (Å²) in [6.07, 6.45) is 2.05. The van der Waals surface area contributed by atoms with Crippen molar-refractivity contribution >= 4 is 17.5 Å². The highest BCUT2D eigenvalue weighted by Crippen LogP contribution is 2.25. The number of amides is 1. The first kappa shape index (κ1) is 14.4. The van der Waals surface area contributed by atoms with Gasteiger partial charge in [-0.05, 0) is 32.5 Å². The Labute approximate surface area is 120 Å². The number of piperidine rings is 1. The van der Waals surface area contributed by atoms with Crippen molar-refractivity contribution in [1.82, 2.24) is 9.80 Å². The van der Waals surface area contributed by atoms with Gasteiger partial charge >= 0.3 is 0 Å². The van der Waals surface area contributed by atoms with Crippen molar-refractivity contribution in [2.75, 3.05) is 27.2 Å². The van der Waals surface area contributed by atoms with Crippen LogP contribution < -0.4 is 0 Å². The van der Waals surface area contributed by atoms with Gasteiger partial charge in [-0.15, -0.1) is 11.6 Å². The third-order valence-electron chi connectivity index (χ3n) is 3.82. The Morgan fingerprint density at radius 3 is 2.37 bits per heavy atom. The quantitative estimate of drug-likeness (QED) is 0.795. The Morgan fingerprint density at radius 2 is 1.84 bits per heavy atom. The second-order valence-electron chi connectivity index (χ2n) is 5.29. The molecular weight excluding hydrogens is 260 g/mol. The minimum atomic E-state index is -0.558. The zero-order chi connectivity index (χ0) is 13.8. The average Bonchev–Trinajstić information content (AvgIpc) is 2.46. The summed E-state index contributed by atoms with van der Waals surface area (Å²) in [7, 11) is 4.19. The molecule has 1 unspecified atom stereocenters. The maximum atomic E-state index is 12.4. The Kier molecular flexibility index (Phi) is 4.83. The molecule has 1 aromatic carbocycles. The van der Waals surface area contributed by atoms with Crippen LogP contribution in [0.1, 0.15) is 23.8 Å². The van der Waals surface area contributed by atoms with Gasteiger partial charge in [-0.25, -0.2) is 0 Å². The second kappa shape index (κ2) is 6.40. The van der Waals surface area contributed by atoms with E-state index in [1.807, 2.05) is 35.2 Å². The first-order valence-electron chi connectivity index (χ1n) is 6.74. The van der Waals surface area contributed by atoms with Gasteiger partial charge in [0.25, 0.3) is 0 Å². The summed E-state index contributed by atoms with van der Waals surface area (Å²) in [4.78, 5) is 16.5. The molecule has 19 heavy (non-hydrogen) atoms. The summed E-state index contributed by atoms with van der Waals surface area (Å²) in [6.45, 7) is 1.61. The molecule has 0 radical (unpaired) electrons. The molecule has 0 N–H and O–H groups in total.